The van der Waals surface area contributed by atoms with Gasteiger partial charge in [-0.25, -0.2) is 0 Å². The number of nitrogens with zero attached hydrogens (tertiary/aromatic N) is 1. The Morgan fingerprint density at radius 2 is 2.20 bits per heavy atom. The van der Waals surface area contributed by atoms with E-state index in [1.165, 1.54) is 32.5 Å². The molecule has 1 aliphatic heterocycles. The highest BCUT2D eigenvalue weighted by molar-refractivity contribution is 7.10. The van der Waals surface area contributed by atoms with Crippen LogP contribution in [0.25, 0.3) is 0 Å². The van der Waals surface area contributed by atoms with Crippen LogP contribution < -0.4 is 5.73 Å². The van der Waals surface area contributed by atoms with E-state index in [4.69, 9.17) is 5.73 Å². The number of likely N-dealkylation sites (tertiary alicyclic amines) is 1. The average Bonchev–Trinajstić information content (AvgIpc) is 2.80. The maximum Gasteiger partial charge on any atom is 0.00771 e. The standard InChI is InChI=1S/C12H20N2S/c13-6-2-7-14-8-4-11(5-9-14)12-3-1-10-15-12/h1,3,10-11H,2,4-9,13H2. The summed E-state index contributed by atoms with van der Waals surface area (Å²) in [6.07, 6.45) is 3.79. The smallest absolute Gasteiger partial charge is 0.00771 e. The number of piperidine rings is 1. The van der Waals surface area contributed by atoms with Gasteiger partial charge in [-0.1, -0.05) is 6.07 Å². The molecule has 1 saturated heterocycles. The molecule has 2 nitrogen and oxygen atoms in total. The van der Waals surface area contributed by atoms with E-state index in [1.807, 2.05) is 11.3 Å². The van der Waals surface area contributed by atoms with E-state index in [0.717, 1.165) is 18.9 Å². The lowest BCUT2D eigenvalue weighted by atomic mass is 9.95. The Morgan fingerprint density at radius 1 is 1.40 bits per heavy atom. The number of nitrogens with two attached hydrogens (primary N) is 1. The molecule has 0 aromatic carbocycles. The van der Waals surface area contributed by atoms with Crippen LogP contribution in [0.2, 0.25) is 0 Å². The Bertz CT molecular complexity index is 263. The molecule has 0 aliphatic carbocycles. The molecule has 1 fully saturated rings. The topological polar surface area (TPSA) is 29.3 Å². The van der Waals surface area contributed by atoms with Crippen LogP contribution in [0.15, 0.2) is 17.5 Å². The van der Waals surface area contributed by atoms with Crippen molar-refractivity contribution in [2.45, 2.75) is 25.2 Å². The molecule has 2 heterocycles. The monoisotopic (exact) mass is 224 g/mol. The molecule has 1 aromatic rings. The first kappa shape index (κ1) is 11.1. The average molecular weight is 224 g/mol. The zero-order valence-electron chi connectivity index (χ0n) is 9.19. The summed E-state index contributed by atoms with van der Waals surface area (Å²) in [6, 6.07) is 4.45. The summed E-state index contributed by atoms with van der Waals surface area (Å²) in [6.45, 7) is 4.52. The van der Waals surface area contributed by atoms with Crippen molar-refractivity contribution in [3.8, 4) is 0 Å². The molecule has 0 radical (unpaired) electrons. The second kappa shape index (κ2) is 5.64. The second-order valence-corrected chi connectivity index (χ2v) is 5.25. The molecule has 0 amide bonds. The molecule has 0 unspecified atom stereocenters. The maximum absolute atomic E-state index is 5.53. The zero-order chi connectivity index (χ0) is 10.5. The quantitative estimate of drug-likeness (QED) is 0.850. The van der Waals surface area contributed by atoms with Crippen LogP contribution in [0.3, 0.4) is 0 Å². The lowest BCUT2D eigenvalue weighted by Gasteiger charge is -2.31. The minimum Gasteiger partial charge on any atom is -0.330 e. The van der Waals surface area contributed by atoms with Crippen LogP contribution >= 0.6 is 11.3 Å². The molecule has 1 aromatic heterocycles. The lowest BCUT2D eigenvalue weighted by molar-refractivity contribution is 0.212. The number of rotatable bonds is 4. The molecule has 0 bridgehead atoms. The summed E-state index contributed by atoms with van der Waals surface area (Å²) >= 11 is 1.91. The normalized spacial score (nSPS) is 19.5. The fraction of sp³-hybridized carbons (Fsp3) is 0.667. The summed E-state index contributed by atoms with van der Waals surface area (Å²) in [5.41, 5.74) is 5.53. The molecular formula is C12H20N2S. The van der Waals surface area contributed by atoms with Gasteiger partial charge in [-0.05, 0) is 62.8 Å². The lowest BCUT2D eigenvalue weighted by Crippen LogP contribution is -2.34. The first-order valence-electron chi connectivity index (χ1n) is 5.86. The van der Waals surface area contributed by atoms with Crippen LogP contribution in [0.1, 0.15) is 30.1 Å². The van der Waals surface area contributed by atoms with Crippen LogP contribution in [0.5, 0.6) is 0 Å². The molecule has 3 heteroatoms. The van der Waals surface area contributed by atoms with Gasteiger partial charge in [0.25, 0.3) is 0 Å². The zero-order valence-corrected chi connectivity index (χ0v) is 10.0. The van der Waals surface area contributed by atoms with Crippen LogP contribution in [0.4, 0.5) is 0 Å². The van der Waals surface area contributed by atoms with Crippen molar-refractivity contribution in [3.05, 3.63) is 22.4 Å². The van der Waals surface area contributed by atoms with Crippen LogP contribution in [-0.2, 0) is 0 Å². The number of thiophene rings is 1. The molecule has 2 N–H and O–H groups in total. The van der Waals surface area contributed by atoms with Crippen molar-refractivity contribution in [2.75, 3.05) is 26.2 Å². The van der Waals surface area contributed by atoms with Gasteiger partial charge in [-0.2, -0.15) is 0 Å². The van der Waals surface area contributed by atoms with E-state index in [-0.39, 0.29) is 0 Å². The van der Waals surface area contributed by atoms with Crippen molar-refractivity contribution in [3.63, 3.8) is 0 Å². The van der Waals surface area contributed by atoms with Crippen LogP contribution in [0, 0.1) is 0 Å². The van der Waals surface area contributed by atoms with Crippen molar-refractivity contribution in [1.29, 1.82) is 0 Å². The van der Waals surface area contributed by atoms with Gasteiger partial charge < -0.3 is 10.6 Å². The molecule has 0 spiro atoms. The first-order valence-corrected chi connectivity index (χ1v) is 6.74. The molecule has 15 heavy (non-hydrogen) atoms. The fourth-order valence-corrected chi connectivity index (χ4v) is 3.18. The van der Waals surface area contributed by atoms with Gasteiger partial charge in [0.15, 0.2) is 0 Å². The van der Waals surface area contributed by atoms with E-state index in [9.17, 15) is 0 Å². The Hall–Kier alpha value is -0.380. The molecule has 0 saturated carbocycles. The van der Waals surface area contributed by atoms with Crippen molar-refractivity contribution < 1.29 is 0 Å². The van der Waals surface area contributed by atoms with Crippen molar-refractivity contribution in [2.24, 2.45) is 5.73 Å². The molecule has 0 atom stereocenters. The predicted molar refractivity (Wildman–Crippen MR) is 66.4 cm³/mol. The Kier molecular flexibility index (Phi) is 4.18. The van der Waals surface area contributed by atoms with Gasteiger partial charge in [0.1, 0.15) is 0 Å². The van der Waals surface area contributed by atoms with E-state index >= 15 is 0 Å². The van der Waals surface area contributed by atoms with E-state index in [2.05, 4.69) is 22.4 Å². The SMILES string of the molecule is NCCCN1CCC(c2cccs2)CC1. The Balaban J connectivity index is 1.77. The summed E-state index contributed by atoms with van der Waals surface area (Å²) < 4.78 is 0. The maximum atomic E-state index is 5.53. The summed E-state index contributed by atoms with van der Waals surface area (Å²) in [5, 5.41) is 2.19. The third kappa shape index (κ3) is 3.03. The van der Waals surface area contributed by atoms with E-state index in [1.54, 1.807) is 4.88 Å². The van der Waals surface area contributed by atoms with Crippen LogP contribution in [-0.4, -0.2) is 31.1 Å². The fourth-order valence-electron chi connectivity index (χ4n) is 2.28. The van der Waals surface area contributed by atoms with Crippen molar-refractivity contribution in [1.82, 2.24) is 4.90 Å². The van der Waals surface area contributed by atoms with Gasteiger partial charge >= 0.3 is 0 Å². The molecule has 84 valence electrons. The third-order valence-corrected chi connectivity index (χ3v) is 4.25. The Labute approximate surface area is 96.1 Å². The number of hydrogen-bond donors (Lipinski definition) is 1. The summed E-state index contributed by atoms with van der Waals surface area (Å²) in [7, 11) is 0. The number of hydrogen-bond acceptors (Lipinski definition) is 3. The summed E-state index contributed by atoms with van der Waals surface area (Å²) in [5.74, 6) is 0.819. The largest absolute Gasteiger partial charge is 0.330 e. The molecule has 2 rings (SSSR count). The van der Waals surface area contributed by atoms with Gasteiger partial charge in [0.05, 0.1) is 0 Å². The highest BCUT2D eigenvalue weighted by atomic mass is 32.1. The minimum atomic E-state index is 0.819. The Morgan fingerprint density at radius 3 is 2.80 bits per heavy atom. The van der Waals surface area contributed by atoms with Gasteiger partial charge in [0, 0.05) is 4.88 Å². The highest BCUT2D eigenvalue weighted by Crippen LogP contribution is 2.30. The summed E-state index contributed by atoms with van der Waals surface area (Å²) in [4.78, 5) is 4.13. The minimum absolute atomic E-state index is 0.819. The van der Waals surface area contributed by atoms with Crippen molar-refractivity contribution >= 4 is 11.3 Å². The highest BCUT2D eigenvalue weighted by Gasteiger charge is 2.20. The second-order valence-electron chi connectivity index (χ2n) is 4.27. The van der Waals surface area contributed by atoms with Gasteiger partial charge in [0.2, 0.25) is 0 Å². The first-order chi connectivity index (χ1) is 7.40. The van der Waals surface area contributed by atoms with E-state index < -0.39 is 0 Å². The van der Waals surface area contributed by atoms with Gasteiger partial charge in [-0.15, -0.1) is 11.3 Å². The predicted octanol–water partition coefficient (Wildman–Crippen LogP) is 2.28. The molecular weight excluding hydrogens is 204 g/mol. The molecule has 1 aliphatic rings. The van der Waals surface area contributed by atoms with E-state index in [0.29, 0.717) is 0 Å². The van der Waals surface area contributed by atoms with Gasteiger partial charge in [-0.3, -0.25) is 0 Å². The third-order valence-electron chi connectivity index (χ3n) is 3.21.